The molecule has 9 heteroatoms. The molecule has 21 heavy (non-hydrogen) atoms. The van der Waals surface area contributed by atoms with E-state index in [2.05, 4.69) is 9.71 Å². The van der Waals surface area contributed by atoms with Gasteiger partial charge >= 0.3 is 4.87 Å². The Bertz CT molecular complexity index is 811. The maximum absolute atomic E-state index is 13.2. The van der Waals surface area contributed by atoms with Crippen LogP contribution in [-0.4, -0.2) is 20.0 Å². The number of aromatic amines is 1. The molecule has 2 N–H and O–H groups in total. The minimum Gasteiger partial charge on any atom is -0.492 e. The van der Waals surface area contributed by atoms with E-state index in [0.29, 0.717) is 11.3 Å². The Morgan fingerprint density at radius 2 is 2.14 bits per heavy atom. The standard InChI is InChI=1S/C12H13FN2O4S2/c1-3-19-10-6-8(13)4-5-9(10)15-21(17,18)11-7(2)14-12(16)20-11/h4-6,15H,3H2,1-2H3,(H,14,16). The summed E-state index contributed by atoms with van der Waals surface area (Å²) in [6, 6.07) is 3.48. The molecule has 1 heterocycles. The number of rotatable bonds is 5. The highest BCUT2D eigenvalue weighted by atomic mass is 32.2. The number of anilines is 1. The summed E-state index contributed by atoms with van der Waals surface area (Å²) in [4.78, 5) is 13.2. The highest BCUT2D eigenvalue weighted by Gasteiger charge is 2.22. The van der Waals surface area contributed by atoms with Crippen LogP contribution in [0, 0.1) is 12.7 Å². The molecular formula is C12H13FN2O4S2. The lowest BCUT2D eigenvalue weighted by Gasteiger charge is -2.12. The summed E-state index contributed by atoms with van der Waals surface area (Å²) in [5.41, 5.74) is 0.357. The quantitative estimate of drug-likeness (QED) is 0.877. The van der Waals surface area contributed by atoms with E-state index in [1.54, 1.807) is 6.92 Å². The number of thiazole rings is 1. The van der Waals surface area contributed by atoms with Gasteiger partial charge in [-0.15, -0.1) is 0 Å². The fraction of sp³-hybridized carbons (Fsp3) is 0.250. The van der Waals surface area contributed by atoms with Crippen LogP contribution < -0.4 is 14.3 Å². The van der Waals surface area contributed by atoms with Crippen LogP contribution in [0.5, 0.6) is 5.75 Å². The van der Waals surface area contributed by atoms with Crippen LogP contribution >= 0.6 is 11.3 Å². The van der Waals surface area contributed by atoms with Gasteiger partial charge in [-0.05, 0) is 26.0 Å². The maximum atomic E-state index is 13.2. The van der Waals surface area contributed by atoms with Crippen molar-refractivity contribution in [2.45, 2.75) is 18.1 Å². The molecule has 114 valence electrons. The van der Waals surface area contributed by atoms with Gasteiger partial charge in [0.1, 0.15) is 11.6 Å². The number of nitrogens with one attached hydrogen (secondary N) is 2. The van der Waals surface area contributed by atoms with Crippen LogP contribution in [-0.2, 0) is 10.0 Å². The van der Waals surface area contributed by atoms with Crippen LogP contribution in [0.2, 0.25) is 0 Å². The van der Waals surface area contributed by atoms with Gasteiger partial charge in [-0.2, -0.15) is 0 Å². The number of ether oxygens (including phenoxy) is 1. The first-order valence-corrected chi connectivity index (χ1v) is 8.28. The molecular weight excluding hydrogens is 319 g/mol. The van der Waals surface area contributed by atoms with Gasteiger partial charge in [0.25, 0.3) is 10.0 Å². The molecule has 0 fully saturated rings. The van der Waals surface area contributed by atoms with Crippen molar-refractivity contribution in [1.82, 2.24) is 4.98 Å². The van der Waals surface area contributed by atoms with E-state index in [4.69, 9.17) is 4.74 Å². The molecule has 0 aliphatic carbocycles. The highest BCUT2D eigenvalue weighted by molar-refractivity contribution is 7.94. The van der Waals surface area contributed by atoms with Crippen LogP contribution in [0.3, 0.4) is 0 Å². The Morgan fingerprint density at radius 1 is 1.43 bits per heavy atom. The third-order valence-corrected chi connectivity index (χ3v) is 5.48. The minimum absolute atomic E-state index is 0.0848. The Labute approximate surface area is 124 Å². The summed E-state index contributed by atoms with van der Waals surface area (Å²) < 4.78 is 45.1. The first-order chi connectivity index (χ1) is 9.83. The second-order valence-electron chi connectivity index (χ2n) is 4.11. The highest BCUT2D eigenvalue weighted by Crippen LogP contribution is 2.29. The van der Waals surface area contributed by atoms with E-state index in [1.807, 2.05) is 0 Å². The summed E-state index contributed by atoms with van der Waals surface area (Å²) in [6.45, 7) is 3.44. The molecule has 0 bridgehead atoms. The van der Waals surface area contributed by atoms with Gasteiger partial charge in [0.15, 0.2) is 4.21 Å². The van der Waals surface area contributed by atoms with E-state index in [1.165, 1.54) is 13.0 Å². The average Bonchev–Trinajstić information content (AvgIpc) is 2.73. The normalized spacial score (nSPS) is 11.4. The number of hydrogen-bond donors (Lipinski definition) is 2. The smallest absolute Gasteiger partial charge is 0.306 e. The summed E-state index contributed by atoms with van der Waals surface area (Å²) in [6.07, 6.45) is 0. The van der Waals surface area contributed by atoms with Crippen molar-refractivity contribution < 1.29 is 17.5 Å². The van der Waals surface area contributed by atoms with Crippen LogP contribution in [0.4, 0.5) is 10.1 Å². The Kier molecular flexibility index (Phi) is 4.33. The minimum atomic E-state index is -3.94. The van der Waals surface area contributed by atoms with Crippen LogP contribution in [0.25, 0.3) is 0 Å². The number of aryl methyl sites for hydroxylation is 1. The van der Waals surface area contributed by atoms with Crippen LogP contribution in [0.15, 0.2) is 27.2 Å². The number of halogens is 1. The molecule has 0 atom stereocenters. The molecule has 0 radical (unpaired) electrons. The molecule has 0 aliphatic heterocycles. The summed E-state index contributed by atoms with van der Waals surface area (Å²) >= 11 is 0.586. The molecule has 0 amide bonds. The third-order valence-electron chi connectivity index (χ3n) is 2.51. The van der Waals surface area contributed by atoms with Crippen LogP contribution in [0.1, 0.15) is 12.6 Å². The third kappa shape index (κ3) is 3.42. The Balaban J connectivity index is 2.41. The predicted molar refractivity (Wildman–Crippen MR) is 78.1 cm³/mol. The van der Waals surface area contributed by atoms with Gasteiger partial charge in [-0.25, -0.2) is 12.8 Å². The van der Waals surface area contributed by atoms with Gasteiger partial charge in [0.05, 0.1) is 12.3 Å². The summed E-state index contributed by atoms with van der Waals surface area (Å²) in [5, 5.41) is 0. The zero-order valence-corrected chi connectivity index (χ0v) is 12.9. The summed E-state index contributed by atoms with van der Waals surface area (Å²) in [5.74, 6) is -0.453. The molecule has 2 aromatic rings. The van der Waals surface area contributed by atoms with Crippen molar-refractivity contribution in [2.24, 2.45) is 0 Å². The first-order valence-electron chi connectivity index (χ1n) is 5.98. The molecule has 0 spiro atoms. The molecule has 0 unspecified atom stereocenters. The number of sulfonamides is 1. The number of H-pyrrole nitrogens is 1. The molecule has 0 aliphatic rings. The van der Waals surface area contributed by atoms with Gasteiger partial charge < -0.3 is 9.72 Å². The molecule has 6 nitrogen and oxygen atoms in total. The van der Waals surface area contributed by atoms with Crippen molar-refractivity contribution in [1.29, 1.82) is 0 Å². The zero-order chi connectivity index (χ0) is 15.6. The first kappa shape index (κ1) is 15.5. The van der Waals surface area contributed by atoms with E-state index < -0.39 is 20.7 Å². The zero-order valence-electron chi connectivity index (χ0n) is 11.3. The predicted octanol–water partition coefficient (Wildman–Crippen LogP) is 2.08. The average molecular weight is 332 g/mol. The molecule has 2 rings (SSSR count). The van der Waals surface area contributed by atoms with E-state index in [0.717, 1.165) is 12.1 Å². The number of aromatic nitrogens is 1. The van der Waals surface area contributed by atoms with Crippen molar-refractivity contribution in [3.05, 3.63) is 39.4 Å². The van der Waals surface area contributed by atoms with Crippen molar-refractivity contribution in [2.75, 3.05) is 11.3 Å². The molecule has 1 aromatic carbocycles. The van der Waals surface area contributed by atoms with Crippen molar-refractivity contribution in [3.8, 4) is 5.75 Å². The van der Waals surface area contributed by atoms with E-state index in [-0.39, 0.29) is 27.9 Å². The molecule has 0 saturated carbocycles. The fourth-order valence-electron chi connectivity index (χ4n) is 1.69. The van der Waals surface area contributed by atoms with Crippen molar-refractivity contribution >= 4 is 27.0 Å². The lowest BCUT2D eigenvalue weighted by Crippen LogP contribution is -2.14. The maximum Gasteiger partial charge on any atom is 0.306 e. The molecule has 0 saturated heterocycles. The second-order valence-corrected chi connectivity index (χ2v) is 6.97. The fourth-order valence-corrected chi connectivity index (χ4v) is 4.07. The number of hydrogen-bond acceptors (Lipinski definition) is 5. The second kappa shape index (κ2) is 5.86. The lowest BCUT2D eigenvalue weighted by atomic mass is 10.3. The largest absolute Gasteiger partial charge is 0.492 e. The van der Waals surface area contributed by atoms with E-state index in [9.17, 15) is 17.6 Å². The number of benzene rings is 1. The Hall–Kier alpha value is -1.87. The van der Waals surface area contributed by atoms with Gasteiger partial charge in [0.2, 0.25) is 0 Å². The van der Waals surface area contributed by atoms with E-state index >= 15 is 0 Å². The molecule has 1 aromatic heterocycles. The SMILES string of the molecule is CCOc1cc(F)ccc1NS(=O)(=O)c1sc(=O)[nH]c1C. The van der Waals surface area contributed by atoms with Crippen molar-refractivity contribution in [3.63, 3.8) is 0 Å². The monoisotopic (exact) mass is 332 g/mol. The summed E-state index contributed by atoms with van der Waals surface area (Å²) in [7, 11) is -3.94. The van der Waals surface area contributed by atoms with Gasteiger partial charge in [-0.1, -0.05) is 11.3 Å². The van der Waals surface area contributed by atoms with Gasteiger partial charge in [0, 0.05) is 11.8 Å². The Morgan fingerprint density at radius 3 is 2.71 bits per heavy atom. The lowest BCUT2D eigenvalue weighted by molar-refractivity contribution is 0.340. The van der Waals surface area contributed by atoms with Gasteiger partial charge in [-0.3, -0.25) is 9.52 Å². The topological polar surface area (TPSA) is 88.3 Å².